The van der Waals surface area contributed by atoms with Crippen LogP contribution in [0.4, 0.5) is 0 Å². The van der Waals surface area contributed by atoms with Crippen LogP contribution in [0.2, 0.25) is 0 Å². The molecule has 0 fully saturated rings. The molecule has 1 amide bonds. The van der Waals surface area contributed by atoms with Crippen LogP contribution in [0.15, 0.2) is 33.7 Å². The lowest BCUT2D eigenvalue weighted by Crippen LogP contribution is -2.23. The number of hydrogen-bond acceptors (Lipinski definition) is 5. The Bertz CT molecular complexity index is 772. The number of aryl methyl sites for hydroxylation is 2. The van der Waals surface area contributed by atoms with Gasteiger partial charge in [-0.3, -0.25) is 4.79 Å². The second-order valence-electron chi connectivity index (χ2n) is 5.50. The van der Waals surface area contributed by atoms with E-state index in [0.29, 0.717) is 19.4 Å². The van der Waals surface area contributed by atoms with Gasteiger partial charge in [-0.25, -0.2) is 8.42 Å². The van der Waals surface area contributed by atoms with Crippen molar-refractivity contribution < 1.29 is 17.7 Å². The summed E-state index contributed by atoms with van der Waals surface area (Å²) in [6, 6.07) is 6.48. The number of aromatic nitrogens is 1. The predicted octanol–water partition coefficient (Wildman–Crippen LogP) is 1.94. The van der Waals surface area contributed by atoms with Gasteiger partial charge in [0, 0.05) is 24.8 Å². The Hall–Kier alpha value is -2.15. The van der Waals surface area contributed by atoms with Crippen molar-refractivity contribution in [2.45, 2.75) is 38.1 Å². The average Bonchev–Trinajstić information content (AvgIpc) is 2.81. The summed E-state index contributed by atoms with van der Waals surface area (Å²) in [6.45, 7) is 4.05. The topological polar surface area (TPSA) is 89.3 Å². The molecular weight excluding hydrogens is 316 g/mol. The van der Waals surface area contributed by atoms with Crippen molar-refractivity contribution >= 4 is 15.7 Å². The molecule has 0 aliphatic heterocycles. The van der Waals surface area contributed by atoms with E-state index in [1.807, 2.05) is 13.8 Å². The lowest BCUT2D eigenvalue weighted by molar-refractivity contribution is -0.121. The fraction of sp³-hybridized carbons (Fsp3) is 0.375. The monoisotopic (exact) mass is 336 g/mol. The summed E-state index contributed by atoms with van der Waals surface area (Å²) in [5.41, 5.74) is 2.63. The lowest BCUT2D eigenvalue weighted by atomic mass is 10.1. The Morgan fingerprint density at radius 1 is 1.22 bits per heavy atom. The van der Waals surface area contributed by atoms with Gasteiger partial charge in [-0.2, -0.15) is 0 Å². The predicted molar refractivity (Wildman–Crippen MR) is 85.7 cm³/mol. The number of carbonyl (C=O) groups is 1. The van der Waals surface area contributed by atoms with Crippen LogP contribution in [-0.4, -0.2) is 25.7 Å². The van der Waals surface area contributed by atoms with Crippen molar-refractivity contribution in [3.05, 3.63) is 46.8 Å². The third kappa shape index (κ3) is 4.66. The molecule has 0 unspecified atom stereocenters. The van der Waals surface area contributed by atoms with E-state index >= 15 is 0 Å². The van der Waals surface area contributed by atoms with Gasteiger partial charge in [0.2, 0.25) is 5.91 Å². The second-order valence-corrected chi connectivity index (χ2v) is 7.51. The van der Waals surface area contributed by atoms with Gasteiger partial charge in [0.25, 0.3) is 0 Å². The first kappa shape index (κ1) is 17.2. The van der Waals surface area contributed by atoms with Gasteiger partial charge in [-0.1, -0.05) is 17.3 Å². The fourth-order valence-electron chi connectivity index (χ4n) is 2.24. The minimum atomic E-state index is -3.19. The van der Waals surface area contributed by atoms with E-state index < -0.39 is 9.84 Å². The van der Waals surface area contributed by atoms with Crippen LogP contribution in [0.1, 0.15) is 29.0 Å². The number of benzene rings is 1. The first-order chi connectivity index (χ1) is 10.8. The van der Waals surface area contributed by atoms with E-state index in [9.17, 15) is 13.2 Å². The summed E-state index contributed by atoms with van der Waals surface area (Å²) < 4.78 is 27.8. The second kappa shape index (κ2) is 6.95. The number of sulfone groups is 1. The number of rotatable bonds is 6. The summed E-state index contributed by atoms with van der Waals surface area (Å²) in [5.74, 6) is 0.670. The third-order valence-electron chi connectivity index (χ3n) is 3.62. The molecule has 0 bridgehead atoms. The van der Waals surface area contributed by atoms with E-state index in [1.54, 1.807) is 24.3 Å². The van der Waals surface area contributed by atoms with Crippen LogP contribution in [0.5, 0.6) is 0 Å². The van der Waals surface area contributed by atoms with Crippen LogP contribution in [0.25, 0.3) is 0 Å². The van der Waals surface area contributed by atoms with E-state index in [1.165, 1.54) is 6.26 Å². The Kier molecular flexibility index (Phi) is 5.20. The van der Waals surface area contributed by atoms with Gasteiger partial charge in [-0.15, -0.1) is 0 Å². The highest BCUT2D eigenvalue weighted by atomic mass is 32.2. The molecule has 2 rings (SSSR count). The van der Waals surface area contributed by atoms with Gasteiger partial charge in [-0.05, 0) is 38.0 Å². The molecule has 1 aromatic carbocycles. The van der Waals surface area contributed by atoms with Crippen molar-refractivity contribution in [1.82, 2.24) is 10.5 Å². The molecule has 0 spiro atoms. The summed E-state index contributed by atoms with van der Waals surface area (Å²) in [5, 5.41) is 6.68. The zero-order valence-electron chi connectivity index (χ0n) is 13.4. The smallest absolute Gasteiger partial charge is 0.220 e. The first-order valence-electron chi connectivity index (χ1n) is 7.25. The molecule has 2 aromatic rings. The molecule has 23 heavy (non-hydrogen) atoms. The van der Waals surface area contributed by atoms with E-state index in [0.717, 1.165) is 22.6 Å². The number of amides is 1. The molecule has 0 aliphatic rings. The third-order valence-corrected chi connectivity index (χ3v) is 4.75. The molecule has 0 aliphatic carbocycles. The van der Waals surface area contributed by atoms with Crippen LogP contribution in [-0.2, 0) is 27.6 Å². The first-order valence-corrected chi connectivity index (χ1v) is 9.14. The van der Waals surface area contributed by atoms with Crippen LogP contribution in [0.3, 0.4) is 0 Å². The number of hydrogen-bond donors (Lipinski definition) is 1. The Morgan fingerprint density at radius 2 is 1.87 bits per heavy atom. The van der Waals surface area contributed by atoms with Gasteiger partial charge < -0.3 is 9.84 Å². The van der Waals surface area contributed by atoms with E-state index in [-0.39, 0.29) is 10.8 Å². The largest absolute Gasteiger partial charge is 0.361 e. The van der Waals surface area contributed by atoms with E-state index in [2.05, 4.69) is 10.5 Å². The molecule has 1 aromatic heterocycles. The van der Waals surface area contributed by atoms with Crippen molar-refractivity contribution in [3.63, 3.8) is 0 Å². The Balaban J connectivity index is 1.85. The van der Waals surface area contributed by atoms with Gasteiger partial charge in [0.15, 0.2) is 9.84 Å². The zero-order valence-corrected chi connectivity index (χ0v) is 14.2. The highest BCUT2D eigenvalue weighted by molar-refractivity contribution is 7.90. The Morgan fingerprint density at radius 3 is 2.39 bits per heavy atom. The molecule has 0 atom stereocenters. The summed E-state index contributed by atoms with van der Waals surface area (Å²) in [6.07, 6.45) is 2.10. The normalized spacial score (nSPS) is 11.4. The van der Waals surface area contributed by atoms with Crippen LogP contribution < -0.4 is 5.32 Å². The fourth-order valence-corrected chi connectivity index (χ4v) is 2.87. The van der Waals surface area contributed by atoms with Crippen LogP contribution in [0, 0.1) is 13.8 Å². The molecular formula is C16H20N2O4S. The zero-order chi connectivity index (χ0) is 17.0. The number of nitrogens with zero attached hydrogens (tertiary/aromatic N) is 1. The lowest BCUT2D eigenvalue weighted by Gasteiger charge is -2.06. The minimum Gasteiger partial charge on any atom is -0.361 e. The Labute approximate surface area is 135 Å². The molecule has 0 radical (unpaired) electrons. The maximum atomic E-state index is 11.9. The minimum absolute atomic E-state index is 0.0720. The number of nitrogens with one attached hydrogen (secondary N) is 1. The van der Waals surface area contributed by atoms with E-state index in [4.69, 9.17) is 4.52 Å². The van der Waals surface area contributed by atoms with Crippen LogP contribution >= 0.6 is 0 Å². The highest BCUT2D eigenvalue weighted by Gasteiger charge is 2.11. The maximum Gasteiger partial charge on any atom is 0.220 e. The quantitative estimate of drug-likeness (QED) is 0.871. The maximum absolute atomic E-state index is 11.9. The van der Waals surface area contributed by atoms with Gasteiger partial charge in [0.05, 0.1) is 10.6 Å². The van der Waals surface area contributed by atoms with Crippen molar-refractivity contribution in [3.8, 4) is 0 Å². The molecule has 0 saturated carbocycles. The molecule has 1 N–H and O–H groups in total. The van der Waals surface area contributed by atoms with Gasteiger partial charge in [0.1, 0.15) is 5.76 Å². The van der Waals surface area contributed by atoms with Gasteiger partial charge >= 0.3 is 0 Å². The SMILES string of the molecule is Cc1noc(C)c1CCC(=O)NCc1ccc(S(C)(=O)=O)cc1. The summed E-state index contributed by atoms with van der Waals surface area (Å²) in [7, 11) is -3.19. The van der Waals surface area contributed by atoms with Crippen molar-refractivity contribution in [2.75, 3.05) is 6.26 Å². The molecule has 7 heteroatoms. The highest BCUT2D eigenvalue weighted by Crippen LogP contribution is 2.14. The average molecular weight is 336 g/mol. The van der Waals surface area contributed by atoms with Crippen molar-refractivity contribution in [2.24, 2.45) is 0 Å². The number of carbonyl (C=O) groups excluding carboxylic acids is 1. The molecule has 124 valence electrons. The molecule has 6 nitrogen and oxygen atoms in total. The molecule has 0 saturated heterocycles. The summed E-state index contributed by atoms with van der Waals surface area (Å²) in [4.78, 5) is 12.2. The van der Waals surface area contributed by atoms with Crippen molar-refractivity contribution in [1.29, 1.82) is 0 Å². The summed E-state index contributed by atoms with van der Waals surface area (Å²) >= 11 is 0. The standard InChI is InChI=1S/C16H20N2O4S/c1-11-15(12(2)22-18-11)8-9-16(19)17-10-13-4-6-14(7-5-13)23(3,20)21/h4-7H,8-10H2,1-3H3,(H,17,19). The molecule has 1 heterocycles.